The lowest BCUT2D eigenvalue weighted by atomic mass is 10.2. The Bertz CT molecular complexity index is 475. The molecule has 0 spiro atoms. The van der Waals surface area contributed by atoms with E-state index in [2.05, 4.69) is 21.4 Å². The van der Waals surface area contributed by atoms with Crippen molar-refractivity contribution in [2.75, 3.05) is 0 Å². The molecule has 0 saturated heterocycles. The number of carbonyl (C=O) groups is 3. The van der Waals surface area contributed by atoms with Gasteiger partial charge in [0.25, 0.3) is 0 Å². The number of hydrogen-bond donors (Lipinski definition) is 3. The van der Waals surface area contributed by atoms with Crippen LogP contribution in [0.15, 0.2) is 5.10 Å². The summed E-state index contributed by atoms with van der Waals surface area (Å²) in [5, 5.41) is 3.72. The van der Waals surface area contributed by atoms with Gasteiger partial charge in [0, 0.05) is 5.71 Å². The molecule has 0 atom stereocenters. The quantitative estimate of drug-likeness (QED) is 0.539. The Morgan fingerprint density at radius 2 is 1.35 bits per heavy atom. The number of nitrogens with zero attached hydrogens (tertiary/aromatic N) is 1. The minimum absolute atomic E-state index is 0.119. The Morgan fingerprint density at radius 3 is 1.83 bits per heavy atom. The summed E-state index contributed by atoms with van der Waals surface area (Å²) in [5.41, 5.74) is 5.49. The second kappa shape index (κ2) is 8.35. The molecule has 0 aromatic carbocycles. The second-order valence-electron chi connectivity index (χ2n) is 6.81. The smallest absolute Gasteiger partial charge is 0.428 e. The highest BCUT2D eigenvalue weighted by Gasteiger charge is 2.17. The molecule has 0 radical (unpaired) electrons. The van der Waals surface area contributed by atoms with Crippen molar-refractivity contribution in [2.24, 2.45) is 5.10 Å². The lowest BCUT2D eigenvalue weighted by Crippen LogP contribution is -2.44. The first-order valence-electron chi connectivity index (χ1n) is 7.08. The molecule has 0 aromatic rings. The zero-order valence-corrected chi connectivity index (χ0v) is 14.7. The van der Waals surface area contributed by atoms with E-state index in [9.17, 15) is 14.4 Å². The molecule has 3 N–H and O–H groups in total. The number of carbonyl (C=O) groups excluding carboxylic acids is 3. The number of hydrogen-bond acceptors (Lipinski definition) is 6. The summed E-state index contributed by atoms with van der Waals surface area (Å²) in [4.78, 5) is 34.3. The predicted molar refractivity (Wildman–Crippen MR) is 84.6 cm³/mol. The molecule has 9 heteroatoms. The average molecular weight is 330 g/mol. The lowest BCUT2D eigenvalue weighted by Gasteiger charge is -2.19. The van der Waals surface area contributed by atoms with Crippen LogP contribution < -0.4 is 16.3 Å². The van der Waals surface area contributed by atoms with Crippen LogP contribution in [-0.4, -0.2) is 35.0 Å². The van der Waals surface area contributed by atoms with E-state index in [1.54, 1.807) is 48.5 Å². The topological polar surface area (TPSA) is 118 Å². The van der Waals surface area contributed by atoms with E-state index < -0.39 is 29.3 Å². The Labute approximate surface area is 136 Å². The Kier molecular flexibility index (Phi) is 7.51. The zero-order valence-electron chi connectivity index (χ0n) is 14.7. The fourth-order valence-electron chi connectivity index (χ4n) is 1.18. The van der Waals surface area contributed by atoms with Gasteiger partial charge in [0.2, 0.25) is 5.91 Å². The van der Waals surface area contributed by atoms with Crippen molar-refractivity contribution in [1.82, 2.24) is 16.3 Å². The van der Waals surface area contributed by atoms with Crippen LogP contribution >= 0.6 is 0 Å². The van der Waals surface area contributed by atoms with E-state index in [0.717, 1.165) is 0 Å². The van der Waals surface area contributed by atoms with Crippen molar-refractivity contribution in [3.63, 3.8) is 0 Å². The molecule has 9 nitrogen and oxygen atoms in total. The van der Waals surface area contributed by atoms with Crippen LogP contribution in [0.3, 0.4) is 0 Å². The highest BCUT2D eigenvalue weighted by atomic mass is 16.6. The fraction of sp³-hybridized carbons (Fsp3) is 0.714. The maximum Gasteiger partial charge on any atom is 0.428 e. The van der Waals surface area contributed by atoms with Crippen molar-refractivity contribution < 1.29 is 23.9 Å². The van der Waals surface area contributed by atoms with Crippen LogP contribution in [-0.2, 0) is 14.3 Å². The average Bonchev–Trinajstić information content (AvgIpc) is 2.29. The predicted octanol–water partition coefficient (Wildman–Crippen LogP) is 1.83. The third kappa shape index (κ3) is 13.1. The molecule has 3 amide bonds. The van der Waals surface area contributed by atoms with Crippen molar-refractivity contribution in [3.05, 3.63) is 0 Å². The van der Waals surface area contributed by atoms with E-state index in [1.165, 1.54) is 0 Å². The molecular weight excluding hydrogens is 304 g/mol. The molecule has 23 heavy (non-hydrogen) atoms. The number of hydrazine groups is 1. The standard InChI is InChI=1S/C14H26N4O5/c1-9(15-17-11(20)22-13(2,3)4)8-10(19)16-18-12(21)23-14(5,6)7/h8H2,1-7H3,(H,16,19)(H,17,20)(H,18,21)/b15-9-. The lowest BCUT2D eigenvalue weighted by molar-refractivity contribution is -0.120. The molecule has 0 rings (SSSR count). The van der Waals surface area contributed by atoms with E-state index in [1.807, 2.05) is 0 Å². The maximum atomic E-state index is 11.6. The summed E-state index contributed by atoms with van der Waals surface area (Å²) in [6, 6.07) is 0. The van der Waals surface area contributed by atoms with Crippen molar-refractivity contribution in [3.8, 4) is 0 Å². The number of nitrogens with one attached hydrogen (secondary N) is 3. The highest BCUT2D eigenvalue weighted by Crippen LogP contribution is 2.06. The van der Waals surface area contributed by atoms with Gasteiger partial charge in [0.05, 0.1) is 6.42 Å². The van der Waals surface area contributed by atoms with Gasteiger partial charge >= 0.3 is 12.2 Å². The van der Waals surface area contributed by atoms with Gasteiger partial charge in [-0.15, -0.1) is 0 Å². The van der Waals surface area contributed by atoms with Crippen molar-refractivity contribution in [1.29, 1.82) is 0 Å². The second-order valence-corrected chi connectivity index (χ2v) is 6.81. The van der Waals surface area contributed by atoms with Crippen LogP contribution in [0.5, 0.6) is 0 Å². The summed E-state index contributed by atoms with van der Waals surface area (Å²) in [6.45, 7) is 11.8. The van der Waals surface area contributed by atoms with Crippen LogP contribution in [0.1, 0.15) is 54.9 Å². The summed E-state index contributed by atoms with van der Waals surface area (Å²) >= 11 is 0. The summed E-state index contributed by atoms with van der Waals surface area (Å²) < 4.78 is 9.94. The fourth-order valence-corrected chi connectivity index (χ4v) is 1.18. The van der Waals surface area contributed by atoms with Gasteiger partial charge < -0.3 is 9.47 Å². The number of hydrazone groups is 1. The van der Waals surface area contributed by atoms with E-state index in [4.69, 9.17) is 9.47 Å². The molecule has 0 unspecified atom stereocenters. The van der Waals surface area contributed by atoms with E-state index in [-0.39, 0.29) is 6.42 Å². The third-order valence-electron chi connectivity index (χ3n) is 1.86. The molecule has 0 aromatic heterocycles. The van der Waals surface area contributed by atoms with Gasteiger partial charge in [-0.25, -0.2) is 20.4 Å². The van der Waals surface area contributed by atoms with Gasteiger partial charge in [-0.2, -0.15) is 5.10 Å². The molecular formula is C14H26N4O5. The van der Waals surface area contributed by atoms with Gasteiger partial charge in [0.15, 0.2) is 0 Å². The molecule has 0 heterocycles. The largest absolute Gasteiger partial charge is 0.443 e. The molecule has 0 aliphatic rings. The zero-order chi connectivity index (χ0) is 18.3. The summed E-state index contributed by atoms with van der Waals surface area (Å²) in [6.07, 6.45) is -1.61. The summed E-state index contributed by atoms with van der Waals surface area (Å²) in [5.74, 6) is -0.511. The number of rotatable bonds is 3. The number of amides is 3. The first-order chi connectivity index (χ1) is 10.3. The first-order valence-corrected chi connectivity index (χ1v) is 7.08. The minimum Gasteiger partial charge on any atom is -0.443 e. The Balaban J connectivity index is 4.17. The Morgan fingerprint density at radius 1 is 0.870 bits per heavy atom. The van der Waals surface area contributed by atoms with Crippen molar-refractivity contribution in [2.45, 2.75) is 66.1 Å². The summed E-state index contributed by atoms with van der Waals surface area (Å²) in [7, 11) is 0. The van der Waals surface area contributed by atoms with Crippen LogP contribution in [0.2, 0.25) is 0 Å². The van der Waals surface area contributed by atoms with Gasteiger partial charge in [-0.3, -0.25) is 10.2 Å². The van der Waals surface area contributed by atoms with Crippen molar-refractivity contribution >= 4 is 23.8 Å². The third-order valence-corrected chi connectivity index (χ3v) is 1.86. The van der Waals surface area contributed by atoms with E-state index >= 15 is 0 Å². The van der Waals surface area contributed by atoms with Crippen LogP contribution in [0.25, 0.3) is 0 Å². The van der Waals surface area contributed by atoms with Gasteiger partial charge in [0.1, 0.15) is 11.2 Å². The Hall–Kier alpha value is -2.32. The molecule has 0 bridgehead atoms. The SMILES string of the molecule is C/C(CC(=O)NNC(=O)OC(C)(C)C)=N/NC(=O)OC(C)(C)C. The van der Waals surface area contributed by atoms with Crippen LogP contribution in [0, 0.1) is 0 Å². The minimum atomic E-state index is -0.771. The van der Waals surface area contributed by atoms with E-state index in [0.29, 0.717) is 5.71 Å². The molecule has 0 fully saturated rings. The molecule has 0 aliphatic heterocycles. The number of ether oxygens (including phenoxy) is 2. The maximum absolute atomic E-state index is 11.6. The monoisotopic (exact) mass is 330 g/mol. The normalized spacial score (nSPS) is 12.2. The molecule has 0 aliphatic carbocycles. The van der Waals surface area contributed by atoms with Crippen LogP contribution in [0.4, 0.5) is 9.59 Å². The van der Waals surface area contributed by atoms with Gasteiger partial charge in [-0.1, -0.05) is 0 Å². The molecule has 132 valence electrons. The van der Waals surface area contributed by atoms with Gasteiger partial charge in [-0.05, 0) is 48.5 Å². The highest BCUT2D eigenvalue weighted by molar-refractivity contribution is 6.00. The first kappa shape index (κ1) is 20.7. The molecule has 0 saturated carbocycles.